The topological polar surface area (TPSA) is 9.23 Å². The van der Waals surface area contributed by atoms with Gasteiger partial charge >= 0.3 is 0 Å². The van der Waals surface area contributed by atoms with E-state index in [-0.39, 0.29) is 0 Å². The maximum absolute atomic E-state index is 7.64. The molecule has 1 spiro atoms. The van der Waals surface area contributed by atoms with Crippen LogP contribution in [0.25, 0.3) is 0 Å². The molecule has 1 nitrogen and oxygen atoms in total. The van der Waals surface area contributed by atoms with E-state index in [1.807, 2.05) is 0 Å². The average molecular weight is 355 g/mol. The molecule has 0 aliphatic carbocycles. The van der Waals surface area contributed by atoms with Crippen LogP contribution in [0.15, 0.2) is 0 Å². The van der Waals surface area contributed by atoms with E-state index in [0.717, 1.165) is 0 Å². The van der Waals surface area contributed by atoms with Gasteiger partial charge in [0, 0.05) is 0 Å². The third kappa shape index (κ3) is 3.98. The molecule has 2 heterocycles. The molecule has 0 bridgehead atoms. The maximum atomic E-state index is 7.64. The van der Waals surface area contributed by atoms with E-state index < -0.39 is 16.6 Å². The van der Waals surface area contributed by atoms with E-state index in [1.54, 1.807) is 0 Å². The summed E-state index contributed by atoms with van der Waals surface area (Å²) in [5, 5.41) is 0.594. The Balaban J connectivity index is 2.44. The van der Waals surface area contributed by atoms with Gasteiger partial charge in [-0.05, 0) is 41.7 Å². The zero-order valence-corrected chi connectivity index (χ0v) is 18.5. The first-order valence-electron chi connectivity index (χ1n) is 10.8. The normalized spacial score (nSPS) is 31.8. The van der Waals surface area contributed by atoms with Crippen molar-refractivity contribution in [2.75, 3.05) is 0 Å². The van der Waals surface area contributed by atoms with Gasteiger partial charge in [0.15, 0.2) is 16.6 Å². The summed E-state index contributed by atoms with van der Waals surface area (Å²) < 4.78 is 7.64. The summed E-state index contributed by atoms with van der Waals surface area (Å²) >= 11 is 0. The first-order valence-corrected chi connectivity index (χ1v) is 15.7. The van der Waals surface area contributed by atoms with Crippen molar-refractivity contribution in [2.24, 2.45) is 0 Å². The Bertz CT molecular complexity index is 350. The zero-order valence-electron chi connectivity index (χ0n) is 16.5. The molecule has 136 valence electrons. The predicted octanol–water partition coefficient (Wildman–Crippen LogP) is 7.64. The van der Waals surface area contributed by atoms with Crippen LogP contribution in [-0.4, -0.2) is 16.6 Å². The largest absolute Gasteiger partial charge is 0.454 e. The Kier molecular flexibility index (Phi) is 7.43. The van der Waals surface area contributed by atoms with Gasteiger partial charge < -0.3 is 4.12 Å². The highest BCUT2D eigenvalue weighted by Crippen LogP contribution is 2.57. The van der Waals surface area contributed by atoms with E-state index in [4.69, 9.17) is 4.12 Å². The van der Waals surface area contributed by atoms with Gasteiger partial charge in [0.2, 0.25) is 0 Å². The lowest BCUT2D eigenvalue weighted by Gasteiger charge is -2.52. The fourth-order valence-corrected chi connectivity index (χ4v) is 19.4. The molecular weight excluding hydrogens is 312 g/mol. The second-order valence-corrected chi connectivity index (χ2v) is 17.6. The molecule has 0 amide bonds. The van der Waals surface area contributed by atoms with Crippen molar-refractivity contribution < 1.29 is 4.12 Å². The minimum atomic E-state index is -1.63. The Morgan fingerprint density at radius 3 is 1.74 bits per heavy atom. The van der Waals surface area contributed by atoms with Crippen LogP contribution in [0, 0.1) is 0 Å². The Morgan fingerprint density at radius 2 is 1.22 bits per heavy atom. The highest BCUT2D eigenvalue weighted by Gasteiger charge is 2.55. The van der Waals surface area contributed by atoms with Gasteiger partial charge in [-0.3, -0.25) is 0 Å². The van der Waals surface area contributed by atoms with E-state index in [9.17, 15) is 0 Å². The first kappa shape index (κ1) is 19.7. The molecule has 2 saturated heterocycles. The summed E-state index contributed by atoms with van der Waals surface area (Å²) in [6.07, 6.45) is 14.5. The summed E-state index contributed by atoms with van der Waals surface area (Å²) in [7, 11) is -3.12. The van der Waals surface area contributed by atoms with Crippen LogP contribution >= 0.6 is 0 Å². The molecule has 0 N–H and O–H groups in total. The van der Waals surface area contributed by atoms with Crippen molar-refractivity contribution in [3.05, 3.63) is 0 Å². The molecule has 2 fully saturated rings. The van der Waals surface area contributed by atoms with Gasteiger partial charge in [-0.15, -0.1) is 0 Å². The highest BCUT2D eigenvalue weighted by molar-refractivity contribution is 6.88. The molecule has 23 heavy (non-hydrogen) atoms. The summed E-state index contributed by atoms with van der Waals surface area (Å²) in [5.74, 6) is 0. The number of rotatable bonds is 4. The molecule has 0 saturated carbocycles. The predicted molar refractivity (Wildman–Crippen MR) is 108 cm³/mol. The third-order valence-corrected chi connectivity index (χ3v) is 20.1. The minimum absolute atomic E-state index is 0.594. The monoisotopic (exact) mass is 354 g/mol. The van der Waals surface area contributed by atoms with Gasteiger partial charge in [0.25, 0.3) is 0 Å². The van der Waals surface area contributed by atoms with E-state index in [2.05, 4.69) is 27.7 Å². The fraction of sp³-hybridized carbons (Fsp3) is 1.00. The molecule has 2 aliphatic rings. The Hall–Kier alpha value is 0.394. The smallest absolute Gasteiger partial charge is 0.185 e. The van der Waals surface area contributed by atoms with Gasteiger partial charge in [-0.1, -0.05) is 85.5 Å². The van der Waals surface area contributed by atoms with Gasteiger partial charge in [-0.25, -0.2) is 0 Å². The van der Waals surface area contributed by atoms with Crippen LogP contribution in [0.3, 0.4) is 0 Å². The second-order valence-electron chi connectivity index (χ2n) is 8.45. The highest BCUT2D eigenvalue weighted by atomic mass is 28.4. The lowest BCUT2D eigenvalue weighted by molar-refractivity contribution is 0.372. The summed E-state index contributed by atoms with van der Waals surface area (Å²) in [6.45, 7) is 9.87. The molecule has 0 aromatic carbocycles. The molecule has 1 unspecified atom stereocenters. The standard InChI is InChI=1S/C20H42OSi2/c1-5-20(6-2)16-12-11-15-19-23(20)18-14-10-9-13-17-22(7-3,8-4)21-23/h5-19H2,1-4H3. The summed E-state index contributed by atoms with van der Waals surface area (Å²) in [5.41, 5.74) is 0. The quantitative estimate of drug-likeness (QED) is 0.471. The SMILES string of the molecule is CCC1(CC)CCCCC[Si]12CCCCCC[Si](CC)(CC)O2. The lowest BCUT2D eigenvalue weighted by atomic mass is 9.95. The van der Waals surface area contributed by atoms with Crippen molar-refractivity contribution in [1.29, 1.82) is 0 Å². The van der Waals surface area contributed by atoms with Crippen molar-refractivity contribution in [2.45, 2.75) is 127 Å². The van der Waals surface area contributed by atoms with Crippen LogP contribution in [-0.2, 0) is 4.12 Å². The number of hydrogen-bond donors (Lipinski definition) is 0. The first-order chi connectivity index (χ1) is 11.1. The van der Waals surface area contributed by atoms with Crippen LogP contribution in [0.5, 0.6) is 0 Å². The third-order valence-electron chi connectivity index (χ3n) is 7.72. The molecule has 1 atom stereocenters. The molecular formula is C20H42OSi2. The zero-order chi connectivity index (χ0) is 16.8. The van der Waals surface area contributed by atoms with Crippen molar-refractivity contribution in [1.82, 2.24) is 0 Å². The van der Waals surface area contributed by atoms with E-state index in [0.29, 0.717) is 5.04 Å². The van der Waals surface area contributed by atoms with E-state index in [1.165, 1.54) is 94.4 Å². The van der Waals surface area contributed by atoms with Crippen molar-refractivity contribution in [3.63, 3.8) is 0 Å². The molecule has 0 radical (unpaired) electrons. The molecule has 2 rings (SSSR count). The Morgan fingerprint density at radius 1 is 0.696 bits per heavy atom. The lowest BCUT2D eigenvalue weighted by Crippen LogP contribution is -2.57. The summed E-state index contributed by atoms with van der Waals surface area (Å²) in [6, 6.07) is 7.16. The van der Waals surface area contributed by atoms with Crippen molar-refractivity contribution >= 4 is 16.6 Å². The van der Waals surface area contributed by atoms with Crippen molar-refractivity contribution in [3.8, 4) is 0 Å². The van der Waals surface area contributed by atoms with Crippen LogP contribution < -0.4 is 0 Å². The second kappa shape index (κ2) is 8.66. The molecule has 0 aromatic rings. The Labute approximate surface area is 148 Å². The van der Waals surface area contributed by atoms with E-state index >= 15 is 0 Å². The fourth-order valence-electron chi connectivity index (χ4n) is 5.82. The van der Waals surface area contributed by atoms with Gasteiger partial charge in [0.05, 0.1) is 0 Å². The van der Waals surface area contributed by atoms with Crippen LogP contribution in [0.4, 0.5) is 0 Å². The van der Waals surface area contributed by atoms with Crippen LogP contribution in [0.1, 0.15) is 91.9 Å². The average Bonchev–Trinajstić information content (AvgIpc) is 2.69. The van der Waals surface area contributed by atoms with Gasteiger partial charge in [-0.2, -0.15) is 0 Å². The molecule has 3 heteroatoms. The number of hydrogen-bond acceptors (Lipinski definition) is 1. The summed E-state index contributed by atoms with van der Waals surface area (Å²) in [4.78, 5) is 0. The van der Waals surface area contributed by atoms with Gasteiger partial charge in [0.1, 0.15) is 0 Å². The molecule has 0 aromatic heterocycles. The maximum Gasteiger partial charge on any atom is 0.185 e. The van der Waals surface area contributed by atoms with Crippen LogP contribution in [0.2, 0.25) is 35.3 Å². The minimum Gasteiger partial charge on any atom is -0.454 e. The molecule has 2 aliphatic heterocycles.